The monoisotopic (exact) mass is 388 g/mol. The molecule has 6 nitrogen and oxygen atoms in total. The molecule has 0 bridgehead atoms. The lowest BCUT2D eigenvalue weighted by atomic mass is 10.0. The van der Waals surface area contributed by atoms with Gasteiger partial charge in [-0.2, -0.15) is 0 Å². The fourth-order valence-electron chi connectivity index (χ4n) is 3.70. The highest BCUT2D eigenvalue weighted by molar-refractivity contribution is 5.66. The number of aryl methyl sites for hydroxylation is 1. The second kappa shape index (κ2) is 8.82. The molecule has 0 saturated heterocycles. The van der Waals surface area contributed by atoms with Crippen molar-refractivity contribution in [1.82, 2.24) is 15.0 Å². The van der Waals surface area contributed by atoms with E-state index in [1.54, 1.807) is 6.20 Å². The van der Waals surface area contributed by atoms with Crippen molar-refractivity contribution in [2.24, 2.45) is 0 Å². The molecule has 1 aromatic carbocycles. The highest BCUT2D eigenvalue weighted by atomic mass is 16.4. The number of rotatable bonds is 6. The van der Waals surface area contributed by atoms with Crippen LogP contribution in [0.2, 0.25) is 0 Å². The van der Waals surface area contributed by atoms with Crippen LogP contribution in [0.3, 0.4) is 0 Å². The Kier molecular flexibility index (Phi) is 5.79. The molecular weight excluding hydrogens is 364 g/mol. The topological polar surface area (TPSA) is 79.2 Å². The van der Waals surface area contributed by atoms with Gasteiger partial charge < -0.3 is 10.0 Å². The molecule has 0 saturated carbocycles. The Bertz CT molecular complexity index is 964. The van der Waals surface area contributed by atoms with Gasteiger partial charge in [-0.15, -0.1) is 0 Å². The van der Waals surface area contributed by atoms with Gasteiger partial charge in [0, 0.05) is 37.5 Å². The van der Waals surface area contributed by atoms with E-state index >= 15 is 0 Å². The number of carbonyl (C=O) groups is 1. The first-order chi connectivity index (χ1) is 14.2. The molecule has 29 heavy (non-hydrogen) atoms. The molecule has 0 atom stereocenters. The summed E-state index contributed by atoms with van der Waals surface area (Å²) < 4.78 is 0. The standard InChI is InChI=1S/C23H24N4O2/c28-22(29)10-5-8-19-16-21(26-23(25-19)20-9-3-4-13-24-20)27-14-11-17-6-1-2-7-18(17)12-15-27/h1-4,6-7,9,13,16H,5,8,10-12,14-15H2,(H,28,29). The molecule has 1 N–H and O–H groups in total. The normalized spacial score (nSPS) is 13.6. The maximum absolute atomic E-state index is 10.9. The molecule has 0 fully saturated rings. The van der Waals surface area contributed by atoms with Crippen LogP contribution in [-0.2, 0) is 24.1 Å². The second-order valence-electron chi connectivity index (χ2n) is 7.26. The average Bonchev–Trinajstić information content (AvgIpc) is 2.97. The van der Waals surface area contributed by atoms with E-state index in [0.29, 0.717) is 18.7 Å². The summed E-state index contributed by atoms with van der Waals surface area (Å²) in [4.78, 5) is 27.1. The van der Waals surface area contributed by atoms with E-state index in [-0.39, 0.29) is 6.42 Å². The highest BCUT2D eigenvalue weighted by Gasteiger charge is 2.17. The molecule has 1 aliphatic heterocycles. The zero-order chi connectivity index (χ0) is 20.1. The van der Waals surface area contributed by atoms with E-state index in [0.717, 1.165) is 43.1 Å². The number of hydrogen-bond donors (Lipinski definition) is 1. The van der Waals surface area contributed by atoms with Crippen LogP contribution in [0.1, 0.15) is 29.7 Å². The van der Waals surface area contributed by atoms with Gasteiger partial charge in [0.15, 0.2) is 5.82 Å². The van der Waals surface area contributed by atoms with Gasteiger partial charge in [-0.3, -0.25) is 9.78 Å². The molecule has 4 rings (SSSR count). The number of aliphatic carboxylic acids is 1. The van der Waals surface area contributed by atoms with Crippen LogP contribution < -0.4 is 4.90 Å². The number of benzene rings is 1. The van der Waals surface area contributed by atoms with Gasteiger partial charge >= 0.3 is 5.97 Å². The average molecular weight is 388 g/mol. The van der Waals surface area contributed by atoms with Gasteiger partial charge in [-0.25, -0.2) is 9.97 Å². The smallest absolute Gasteiger partial charge is 0.303 e. The van der Waals surface area contributed by atoms with E-state index in [9.17, 15) is 4.79 Å². The first-order valence-electron chi connectivity index (χ1n) is 10.0. The number of nitrogens with zero attached hydrogens (tertiary/aromatic N) is 4. The van der Waals surface area contributed by atoms with E-state index < -0.39 is 5.97 Å². The maximum Gasteiger partial charge on any atom is 0.303 e. The molecule has 2 aromatic heterocycles. The van der Waals surface area contributed by atoms with Crippen LogP contribution in [0.4, 0.5) is 5.82 Å². The number of carboxylic acid groups (broad SMARTS) is 1. The summed E-state index contributed by atoms with van der Waals surface area (Å²) in [6.07, 6.45) is 4.99. The number of pyridine rings is 1. The molecule has 0 radical (unpaired) electrons. The van der Waals surface area contributed by atoms with Crippen molar-refractivity contribution < 1.29 is 9.90 Å². The van der Waals surface area contributed by atoms with Gasteiger partial charge in [0.05, 0.1) is 0 Å². The Balaban J connectivity index is 1.62. The minimum Gasteiger partial charge on any atom is -0.481 e. The van der Waals surface area contributed by atoms with Crippen molar-refractivity contribution in [2.75, 3.05) is 18.0 Å². The van der Waals surface area contributed by atoms with Crippen molar-refractivity contribution >= 4 is 11.8 Å². The predicted octanol–water partition coefficient (Wildman–Crippen LogP) is 3.55. The predicted molar refractivity (Wildman–Crippen MR) is 112 cm³/mol. The molecule has 1 aliphatic rings. The van der Waals surface area contributed by atoms with E-state index in [2.05, 4.69) is 39.1 Å². The third kappa shape index (κ3) is 4.77. The third-order valence-electron chi connectivity index (χ3n) is 5.23. The van der Waals surface area contributed by atoms with E-state index in [1.807, 2.05) is 24.3 Å². The number of carboxylic acids is 1. The summed E-state index contributed by atoms with van der Waals surface area (Å²) >= 11 is 0. The second-order valence-corrected chi connectivity index (χ2v) is 7.26. The first-order valence-corrected chi connectivity index (χ1v) is 10.0. The number of anilines is 1. The summed E-state index contributed by atoms with van der Waals surface area (Å²) in [5.41, 5.74) is 4.39. The Labute approximate surface area is 170 Å². The zero-order valence-electron chi connectivity index (χ0n) is 16.3. The van der Waals surface area contributed by atoms with Crippen molar-refractivity contribution in [3.8, 4) is 11.5 Å². The summed E-state index contributed by atoms with van der Waals surface area (Å²) in [7, 11) is 0. The summed E-state index contributed by atoms with van der Waals surface area (Å²) in [6, 6.07) is 16.3. The minimum absolute atomic E-state index is 0.136. The lowest BCUT2D eigenvalue weighted by Gasteiger charge is -2.22. The van der Waals surface area contributed by atoms with Crippen LogP contribution in [0, 0.1) is 0 Å². The maximum atomic E-state index is 10.9. The molecule has 3 heterocycles. The van der Waals surface area contributed by atoms with Crippen LogP contribution >= 0.6 is 0 Å². The van der Waals surface area contributed by atoms with Gasteiger partial charge in [-0.05, 0) is 48.9 Å². The van der Waals surface area contributed by atoms with Crippen LogP contribution in [0.15, 0.2) is 54.7 Å². The molecule has 148 valence electrons. The lowest BCUT2D eigenvalue weighted by molar-refractivity contribution is -0.137. The Hall–Kier alpha value is -3.28. The summed E-state index contributed by atoms with van der Waals surface area (Å²) in [6.45, 7) is 1.79. The lowest BCUT2D eigenvalue weighted by Crippen LogP contribution is -2.27. The van der Waals surface area contributed by atoms with Crippen LogP contribution in [0.25, 0.3) is 11.5 Å². The minimum atomic E-state index is -0.783. The number of hydrogen-bond acceptors (Lipinski definition) is 5. The molecular formula is C23H24N4O2. The summed E-state index contributed by atoms with van der Waals surface area (Å²) in [5.74, 6) is 0.698. The van der Waals surface area contributed by atoms with Gasteiger partial charge in [-0.1, -0.05) is 30.3 Å². The van der Waals surface area contributed by atoms with E-state index in [4.69, 9.17) is 10.1 Å². The largest absolute Gasteiger partial charge is 0.481 e. The molecule has 0 aliphatic carbocycles. The fraction of sp³-hybridized carbons (Fsp3) is 0.304. The Morgan fingerprint density at radius 1 is 1.00 bits per heavy atom. The Morgan fingerprint density at radius 2 is 1.72 bits per heavy atom. The van der Waals surface area contributed by atoms with Gasteiger partial charge in [0.25, 0.3) is 0 Å². The van der Waals surface area contributed by atoms with Crippen molar-refractivity contribution in [1.29, 1.82) is 0 Å². The quantitative estimate of drug-likeness (QED) is 0.696. The fourth-order valence-corrected chi connectivity index (χ4v) is 3.70. The Morgan fingerprint density at radius 3 is 2.38 bits per heavy atom. The van der Waals surface area contributed by atoms with E-state index in [1.165, 1.54) is 11.1 Å². The van der Waals surface area contributed by atoms with Crippen molar-refractivity contribution in [2.45, 2.75) is 32.1 Å². The molecule has 6 heteroatoms. The first kappa shape index (κ1) is 19.1. The molecule has 3 aromatic rings. The van der Waals surface area contributed by atoms with Crippen LogP contribution in [-0.4, -0.2) is 39.1 Å². The highest BCUT2D eigenvalue weighted by Crippen LogP contribution is 2.23. The third-order valence-corrected chi connectivity index (χ3v) is 5.23. The molecule has 0 spiro atoms. The molecule has 0 unspecified atom stereocenters. The van der Waals surface area contributed by atoms with Crippen molar-refractivity contribution in [3.63, 3.8) is 0 Å². The van der Waals surface area contributed by atoms with Crippen molar-refractivity contribution in [3.05, 3.63) is 71.5 Å². The van der Waals surface area contributed by atoms with Gasteiger partial charge in [0.1, 0.15) is 11.5 Å². The molecule has 0 amide bonds. The summed E-state index contributed by atoms with van der Waals surface area (Å²) in [5, 5.41) is 8.95. The number of fused-ring (bicyclic) bond motifs is 1. The van der Waals surface area contributed by atoms with Crippen LogP contribution in [0.5, 0.6) is 0 Å². The zero-order valence-corrected chi connectivity index (χ0v) is 16.3. The van der Waals surface area contributed by atoms with Gasteiger partial charge in [0.2, 0.25) is 0 Å². The SMILES string of the molecule is O=C(O)CCCc1cc(N2CCc3ccccc3CC2)nc(-c2ccccn2)n1. The number of aromatic nitrogens is 3.